The van der Waals surface area contributed by atoms with E-state index in [1.54, 1.807) is 56.3 Å². The molecule has 8 heteroatoms. The highest BCUT2D eigenvalue weighted by Gasteiger charge is 2.28. The van der Waals surface area contributed by atoms with E-state index in [0.29, 0.717) is 16.9 Å². The minimum atomic E-state index is -4.02. The Balaban J connectivity index is 1.96. The van der Waals surface area contributed by atoms with E-state index in [1.165, 1.54) is 18.2 Å². The average Bonchev–Trinajstić information content (AvgIpc) is 2.81. The molecular weight excluding hydrogens is 452 g/mol. The third kappa shape index (κ3) is 5.46. The molecule has 3 aromatic carbocycles. The number of anilines is 2. The fourth-order valence-electron chi connectivity index (χ4n) is 3.44. The molecule has 0 saturated carbocycles. The summed E-state index contributed by atoms with van der Waals surface area (Å²) in [5.41, 5.74) is 3.53. The van der Waals surface area contributed by atoms with Gasteiger partial charge in [0.1, 0.15) is 6.54 Å². The average molecular weight is 481 g/mol. The van der Waals surface area contributed by atoms with Gasteiger partial charge in [0.05, 0.1) is 22.8 Å². The number of aryl methyl sites for hydroxylation is 2. The van der Waals surface area contributed by atoms with Crippen molar-refractivity contribution in [1.29, 1.82) is 0 Å². The van der Waals surface area contributed by atoms with Crippen molar-refractivity contribution in [2.75, 3.05) is 22.8 Å². The first kappa shape index (κ1) is 25.0. The Hall–Kier alpha value is -3.65. The number of ether oxygens (including phenoxy) is 1. The molecule has 0 unspecified atom stereocenters. The van der Waals surface area contributed by atoms with Gasteiger partial charge in [0.25, 0.3) is 10.0 Å². The van der Waals surface area contributed by atoms with Crippen LogP contribution in [0.2, 0.25) is 0 Å². The van der Waals surface area contributed by atoms with E-state index >= 15 is 0 Å². The molecule has 0 heterocycles. The maximum atomic E-state index is 13.6. The van der Waals surface area contributed by atoms with Gasteiger partial charge < -0.3 is 10.1 Å². The van der Waals surface area contributed by atoms with E-state index in [-0.39, 0.29) is 11.5 Å². The lowest BCUT2D eigenvalue weighted by molar-refractivity contribution is -0.114. The number of nitrogens with one attached hydrogen (secondary N) is 1. The largest absolute Gasteiger partial charge is 0.462 e. The lowest BCUT2D eigenvalue weighted by atomic mass is 10.1. The van der Waals surface area contributed by atoms with Crippen molar-refractivity contribution in [3.05, 3.63) is 89.0 Å². The molecule has 3 aromatic rings. The van der Waals surface area contributed by atoms with Crippen LogP contribution >= 0.6 is 0 Å². The molecule has 3 rings (SSSR count). The van der Waals surface area contributed by atoms with Gasteiger partial charge in [-0.05, 0) is 74.7 Å². The third-order valence-corrected chi connectivity index (χ3v) is 7.26. The predicted molar refractivity (Wildman–Crippen MR) is 133 cm³/mol. The van der Waals surface area contributed by atoms with Crippen LogP contribution in [0.4, 0.5) is 11.4 Å². The highest BCUT2D eigenvalue weighted by atomic mass is 32.2. The molecule has 0 fully saturated rings. The molecule has 0 radical (unpaired) electrons. The molecular formula is C26H28N2O5S. The number of hydrogen-bond acceptors (Lipinski definition) is 5. The van der Waals surface area contributed by atoms with Crippen LogP contribution in [0, 0.1) is 20.8 Å². The fraction of sp³-hybridized carbons (Fsp3) is 0.231. The van der Waals surface area contributed by atoms with Gasteiger partial charge in [-0.15, -0.1) is 0 Å². The zero-order valence-electron chi connectivity index (χ0n) is 19.7. The first-order valence-electron chi connectivity index (χ1n) is 10.9. The molecule has 7 nitrogen and oxygen atoms in total. The summed E-state index contributed by atoms with van der Waals surface area (Å²) in [4.78, 5) is 25.3. The van der Waals surface area contributed by atoms with Gasteiger partial charge in [0.2, 0.25) is 5.91 Å². The van der Waals surface area contributed by atoms with Gasteiger partial charge in [0, 0.05) is 5.69 Å². The zero-order chi connectivity index (χ0) is 24.9. The summed E-state index contributed by atoms with van der Waals surface area (Å²) >= 11 is 0. The highest BCUT2D eigenvalue weighted by Crippen LogP contribution is 2.29. The van der Waals surface area contributed by atoms with Crippen molar-refractivity contribution in [1.82, 2.24) is 0 Å². The predicted octanol–water partition coefficient (Wildman–Crippen LogP) is 4.62. The quantitative estimate of drug-likeness (QED) is 0.475. The number of carbonyl (C=O) groups is 2. The minimum absolute atomic E-state index is 0.0872. The molecule has 0 atom stereocenters. The van der Waals surface area contributed by atoms with Crippen molar-refractivity contribution in [3.63, 3.8) is 0 Å². The van der Waals surface area contributed by atoms with Gasteiger partial charge in [-0.25, -0.2) is 13.2 Å². The standard InChI is InChI=1S/C26H28N2O5S/c1-5-33-26(30)21-15-14-19(3)23(16-21)27-25(29)17-28(24-13-9-10-18(2)20(24)4)34(31,32)22-11-7-6-8-12-22/h6-16H,5,17H2,1-4H3,(H,27,29). The highest BCUT2D eigenvalue weighted by molar-refractivity contribution is 7.92. The van der Waals surface area contributed by atoms with Crippen LogP contribution in [-0.4, -0.2) is 33.4 Å². The van der Waals surface area contributed by atoms with E-state index in [4.69, 9.17) is 4.74 Å². The van der Waals surface area contributed by atoms with Crippen LogP contribution in [-0.2, 0) is 19.6 Å². The number of hydrogen-bond donors (Lipinski definition) is 1. The van der Waals surface area contributed by atoms with Gasteiger partial charge in [-0.3, -0.25) is 9.10 Å². The van der Waals surface area contributed by atoms with Crippen LogP contribution in [0.1, 0.15) is 34.0 Å². The number of sulfonamides is 1. The second-order valence-electron chi connectivity index (χ2n) is 7.84. The van der Waals surface area contributed by atoms with E-state index < -0.39 is 28.4 Å². The Morgan fingerprint density at radius 2 is 1.62 bits per heavy atom. The minimum Gasteiger partial charge on any atom is -0.462 e. The van der Waals surface area contributed by atoms with E-state index in [1.807, 2.05) is 19.9 Å². The normalized spacial score (nSPS) is 11.1. The molecule has 0 aliphatic carbocycles. The Kier molecular flexibility index (Phi) is 7.73. The van der Waals surface area contributed by atoms with Gasteiger partial charge in [0.15, 0.2) is 0 Å². The molecule has 1 amide bonds. The van der Waals surface area contributed by atoms with Gasteiger partial charge in [-0.2, -0.15) is 0 Å². The molecule has 0 bridgehead atoms. The third-order valence-electron chi connectivity index (χ3n) is 5.49. The van der Waals surface area contributed by atoms with Crippen molar-refractivity contribution in [3.8, 4) is 0 Å². The molecule has 0 aliphatic rings. The van der Waals surface area contributed by atoms with Crippen molar-refractivity contribution in [2.45, 2.75) is 32.6 Å². The van der Waals surface area contributed by atoms with E-state index in [2.05, 4.69) is 5.32 Å². The SMILES string of the molecule is CCOC(=O)c1ccc(C)c(NC(=O)CN(c2cccc(C)c2C)S(=O)(=O)c2ccccc2)c1. The maximum absolute atomic E-state index is 13.6. The van der Waals surface area contributed by atoms with Crippen molar-refractivity contribution < 1.29 is 22.7 Å². The number of amides is 1. The number of benzene rings is 3. The van der Waals surface area contributed by atoms with Crippen LogP contribution in [0.25, 0.3) is 0 Å². The summed E-state index contributed by atoms with van der Waals surface area (Å²) in [6, 6.07) is 18.2. The molecule has 34 heavy (non-hydrogen) atoms. The zero-order valence-corrected chi connectivity index (χ0v) is 20.5. The molecule has 0 aromatic heterocycles. The summed E-state index contributed by atoms with van der Waals surface area (Å²) in [5.74, 6) is -1.04. The molecule has 0 spiro atoms. The lowest BCUT2D eigenvalue weighted by Gasteiger charge is -2.26. The Labute approximate surface area is 200 Å². The van der Waals surface area contributed by atoms with Crippen molar-refractivity contribution >= 4 is 33.3 Å². The molecule has 1 N–H and O–H groups in total. The van der Waals surface area contributed by atoms with Crippen LogP contribution in [0.15, 0.2) is 71.6 Å². The Morgan fingerprint density at radius 3 is 2.29 bits per heavy atom. The number of esters is 1. The van der Waals surface area contributed by atoms with Gasteiger partial charge >= 0.3 is 5.97 Å². The topological polar surface area (TPSA) is 92.8 Å². The Morgan fingerprint density at radius 1 is 0.912 bits per heavy atom. The second kappa shape index (κ2) is 10.5. The van der Waals surface area contributed by atoms with Crippen molar-refractivity contribution in [2.24, 2.45) is 0 Å². The number of rotatable bonds is 8. The number of carbonyl (C=O) groups excluding carboxylic acids is 2. The van der Waals surface area contributed by atoms with Crippen LogP contribution in [0.3, 0.4) is 0 Å². The summed E-state index contributed by atoms with van der Waals surface area (Å²) < 4.78 is 33.2. The fourth-order valence-corrected chi connectivity index (χ4v) is 4.94. The van der Waals surface area contributed by atoms with Crippen LogP contribution in [0.5, 0.6) is 0 Å². The first-order valence-corrected chi connectivity index (χ1v) is 12.3. The van der Waals surface area contributed by atoms with Crippen LogP contribution < -0.4 is 9.62 Å². The summed E-state index contributed by atoms with van der Waals surface area (Å²) in [6.07, 6.45) is 0. The molecule has 0 saturated heterocycles. The lowest BCUT2D eigenvalue weighted by Crippen LogP contribution is -2.38. The molecule has 178 valence electrons. The molecule has 0 aliphatic heterocycles. The summed E-state index contributed by atoms with van der Waals surface area (Å²) in [6.45, 7) is 7.00. The van der Waals surface area contributed by atoms with E-state index in [9.17, 15) is 18.0 Å². The Bertz CT molecular complexity index is 1300. The van der Waals surface area contributed by atoms with E-state index in [0.717, 1.165) is 21.0 Å². The monoisotopic (exact) mass is 480 g/mol. The summed E-state index contributed by atoms with van der Waals surface area (Å²) in [5, 5.41) is 2.75. The maximum Gasteiger partial charge on any atom is 0.338 e. The second-order valence-corrected chi connectivity index (χ2v) is 9.70. The van der Waals surface area contributed by atoms with Gasteiger partial charge in [-0.1, -0.05) is 36.4 Å². The number of nitrogens with zero attached hydrogens (tertiary/aromatic N) is 1. The first-order chi connectivity index (χ1) is 16.1. The summed E-state index contributed by atoms with van der Waals surface area (Å²) in [7, 11) is -4.02. The smallest absolute Gasteiger partial charge is 0.338 e.